The summed E-state index contributed by atoms with van der Waals surface area (Å²) in [5, 5.41) is 2.73. The number of sulfonamides is 1. The molecule has 0 aliphatic carbocycles. The molecule has 1 aromatic heterocycles. The lowest BCUT2D eigenvalue weighted by atomic mass is 10.1. The van der Waals surface area contributed by atoms with Gasteiger partial charge < -0.3 is 9.73 Å². The molecule has 0 saturated carbocycles. The van der Waals surface area contributed by atoms with Crippen LogP contribution < -0.4 is 10.0 Å². The zero-order valence-electron chi connectivity index (χ0n) is 13.0. The summed E-state index contributed by atoms with van der Waals surface area (Å²) in [6.07, 6.45) is 1.62. The van der Waals surface area contributed by atoms with Crippen LogP contribution in [0.4, 0.5) is 5.69 Å². The van der Waals surface area contributed by atoms with Gasteiger partial charge in [0.25, 0.3) is 10.0 Å². The first-order chi connectivity index (χ1) is 11.3. The quantitative estimate of drug-likeness (QED) is 0.882. The van der Waals surface area contributed by atoms with Gasteiger partial charge in [-0.15, -0.1) is 0 Å². The lowest BCUT2D eigenvalue weighted by Crippen LogP contribution is -2.30. The molecule has 126 valence electrons. The summed E-state index contributed by atoms with van der Waals surface area (Å²) >= 11 is 0. The van der Waals surface area contributed by atoms with E-state index in [-0.39, 0.29) is 16.6 Å². The number of carbonyl (C=O) groups excluding carboxylic acids is 2. The van der Waals surface area contributed by atoms with Crippen LogP contribution in [0.3, 0.4) is 0 Å². The summed E-state index contributed by atoms with van der Waals surface area (Å²) in [6.45, 7) is 1.66. The minimum absolute atomic E-state index is 0.0333. The van der Waals surface area contributed by atoms with E-state index in [1.165, 1.54) is 24.3 Å². The van der Waals surface area contributed by atoms with E-state index in [4.69, 9.17) is 4.42 Å². The summed E-state index contributed by atoms with van der Waals surface area (Å²) in [6, 6.07) is 7.35. The maximum absolute atomic E-state index is 12.4. The van der Waals surface area contributed by atoms with Crippen LogP contribution in [0.25, 0.3) is 0 Å². The maximum atomic E-state index is 12.4. The SMILES string of the molecule is Cc1ccc(C(=O)NS(=O)(=O)c2ccc3c(c2)CCCC(=O)N3)o1. The molecular weight excluding hydrogens is 332 g/mol. The molecule has 0 unspecified atom stereocenters. The average molecular weight is 348 g/mol. The van der Waals surface area contributed by atoms with Crippen molar-refractivity contribution < 1.29 is 22.4 Å². The molecule has 0 bridgehead atoms. The number of amides is 2. The fraction of sp³-hybridized carbons (Fsp3) is 0.250. The Morgan fingerprint density at radius 2 is 2.00 bits per heavy atom. The van der Waals surface area contributed by atoms with Gasteiger partial charge in [0.1, 0.15) is 5.76 Å². The van der Waals surface area contributed by atoms with Crippen LogP contribution in [0.5, 0.6) is 0 Å². The van der Waals surface area contributed by atoms with Crippen molar-refractivity contribution >= 4 is 27.5 Å². The number of benzene rings is 1. The fourth-order valence-electron chi connectivity index (χ4n) is 2.51. The predicted octanol–water partition coefficient (Wildman–Crippen LogP) is 1.98. The number of rotatable bonds is 3. The molecule has 0 atom stereocenters. The Kier molecular flexibility index (Phi) is 4.15. The van der Waals surface area contributed by atoms with Gasteiger partial charge in [-0.3, -0.25) is 9.59 Å². The number of anilines is 1. The van der Waals surface area contributed by atoms with Crippen molar-refractivity contribution in [1.29, 1.82) is 0 Å². The van der Waals surface area contributed by atoms with E-state index in [1.807, 2.05) is 4.72 Å². The van der Waals surface area contributed by atoms with Gasteiger partial charge in [0.05, 0.1) is 4.90 Å². The van der Waals surface area contributed by atoms with Crippen molar-refractivity contribution in [1.82, 2.24) is 4.72 Å². The summed E-state index contributed by atoms with van der Waals surface area (Å²) in [4.78, 5) is 23.5. The van der Waals surface area contributed by atoms with Gasteiger partial charge in [0.2, 0.25) is 5.91 Å². The molecule has 0 radical (unpaired) electrons. The van der Waals surface area contributed by atoms with E-state index < -0.39 is 15.9 Å². The first-order valence-corrected chi connectivity index (χ1v) is 8.90. The molecule has 8 heteroatoms. The highest BCUT2D eigenvalue weighted by atomic mass is 32.2. The molecule has 0 saturated heterocycles. The first kappa shape index (κ1) is 16.3. The van der Waals surface area contributed by atoms with Crippen molar-refractivity contribution in [3.05, 3.63) is 47.4 Å². The highest BCUT2D eigenvalue weighted by molar-refractivity contribution is 7.90. The maximum Gasteiger partial charge on any atom is 0.300 e. The van der Waals surface area contributed by atoms with Gasteiger partial charge in [0, 0.05) is 12.1 Å². The normalized spacial score (nSPS) is 14.5. The zero-order valence-corrected chi connectivity index (χ0v) is 13.8. The molecular formula is C16H16N2O5S. The van der Waals surface area contributed by atoms with Crippen LogP contribution in [0, 0.1) is 6.92 Å². The van der Waals surface area contributed by atoms with E-state index in [0.717, 1.165) is 5.56 Å². The molecule has 0 fully saturated rings. The van der Waals surface area contributed by atoms with Crippen LogP contribution in [-0.4, -0.2) is 20.2 Å². The van der Waals surface area contributed by atoms with Crippen molar-refractivity contribution in [2.24, 2.45) is 0 Å². The van der Waals surface area contributed by atoms with Gasteiger partial charge in [-0.2, -0.15) is 0 Å². The Labute approximate surface area is 139 Å². The Morgan fingerprint density at radius 1 is 1.21 bits per heavy atom. The van der Waals surface area contributed by atoms with Gasteiger partial charge in [-0.25, -0.2) is 13.1 Å². The predicted molar refractivity (Wildman–Crippen MR) is 86.1 cm³/mol. The third-order valence-electron chi connectivity index (χ3n) is 3.70. The molecule has 24 heavy (non-hydrogen) atoms. The Bertz CT molecular complexity index is 914. The molecule has 1 aliphatic heterocycles. The third-order valence-corrected chi connectivity index (χ3v) is 5.03. The van der Waals surface area contributed by atoms with Crippen LogP contribution in [0.15, 0.2) is 39.6 Å². The number of hydrogen-bond donors (Lipinski definition) is 2. The zero-order chi connectivity index (χ0) is 17.3. The van der Waals surface area contributed by atoms with E-state index >= 15 is 0 Å². The topological polar surface area (TPSA) is 105 Å². The van der Waals surface area contributed by atoms with E-state index in [1.54, 1.807) is 13.0 Å². The second-order valence-electron chi connectivity index (χ2n) is 5.57. The van der Waals surface area contributed by atoms with Crippen molar-refractivity contribution in [2.75, 3.05) is 5.32 Å². The molecule has 0 spiro atoms. The second kappa shape index (κ2) is 6.12. The second-order valence-corrected chi connectivity index (χ2v) is 7.25. The first-order valence-electron chi connectivity index (χ1n) is 7.41. The molecule has 2 heterocycles. The minimum Gasteiger partial charge on any atom is -0.456 e. The fourth-order valence-corrected chi connectivity index (χ4v) is 3.51. The molecule has 1 aromatic carbocycles. The monoisotopic (exact) mass is 348 g/mol. The summed E-state index contributed by atoms with van der Waals surface area (Å²) < 4.78 is 31.9. The number of hydrogen-bond acceptors (Lipinski definition) is 5. The number of aryl methyl sites for hydroxylation is 2. The molecule has 1 aliphatic rings. The van der Waals surface area contributed by atoms with Crippen molar-refractivity contribution in [3.63, 3.8) is 0 Å². The van der Waals surface area contributed by atoms with Crippen LogP contribution in [-0.2, 0) is 21.2 Å². The summed E-state index contributed by atoms with van der Waals surface area (Å²) in [7, 11) is -4.03. The number of fused-ring (bicyclic) bond motifs is 1. The van der Waals surface area contributed by atoms with Gasteiger partial charge in [-0.1, -0.05) is 0 Å². The van der Waals surface area contributed by atoms with E-state index in [9.17, 15) is 18.0 Å². The minimum atomic E-state index is -4.03. The molecule has 2 N–H and O–H groups in total. The lowest BCUT2D eigenvalue weighted by Gasteiger charge is -2.10. The van der Waals surface area contributed by atoms with Gasteiger partial charge in [-0.05, 0) is 55.7 Å². The average Bonchev–Trinajstić information content (AvgIpc) is 2.86. The Hall–Kier alpha value is -2.61. The van der Waals surface area contributed by atoms with Gasteiger partial charge >= 0.3 is 5.91 Å². The number of nitrogens with one attached hydrogen (secondary N) is 2. The number of furan rings is 1. The highest BCUT2D eigenvalue weighted by Crippen LogP contribution is 2.25. The van der Waals surface area contributed by atoms with Crippen LogP contribution in [0.2, 0.25) is 0 Å². The lowest BCUT2D eigenvalue weighted by molar-refractivity contribution is -0.116. The van der Waals surface area contributed by atoms with Crippen LogP contribution >= 0.6 is 0 Å². The largest absolute Gasteiger partial charge is 0.456 e. The summed E-state index contributed by atoms with van der Waals surface area (Å²) in [5.41, 5.74) is 1.33. The molecule has 7 nitrogen and oxygen atoms in total. The molecule has 2 amide bonds. The Morgan fingerprint density at radius 3 is 2.71 bits per heavy atom. The number of carbonyl (C=O) groups is 2. The van der Waals surface area contributed by atoms with Crippen LogP contribution in [0.1, 0.15) is 34.7 Å². The summed E-state index contributed by atoms with van der Waals surface area (Å²) in [5.74, 6) is -0.478. The van der Waals surface area contributed by atoms with E-state index in [0.29, 0.717) is 30.7 Å². The highest BCUT2D eigenvalue weighted by Gasteiger charge is 2.22. The van der Waals surface area contributed by atoms with Gasteiger partial charge in [0.15, 0.2) is 5.76 Å². The third kappa shape index (κ3) is 3.33. The van der Waals surface area contributed by atoms with Crippen molar-refractivity contribution in [2.45, 2.75) is 31.1 Å². The van der Waals surface area contributed by atoms with E-state index in [2.05, 4.69) is 5.32 Å². The molecule has 2 aromatic rings. The standard InChI is InChI=1S/C16H16N2O5S/c1-10-5-8-14(23-10)16(20)18-24(21,22)12-6-7-13-11(9-12)3-2-4-15(19)17-13/h5-9H,2-4H2,1H3,(H,17,19)(H,18,20). The smallest absolute Gasteiger partial charge is 0.300 e. The Balaban J connectivity index is 1.86. The van der Waals surface area contributed by atoms with Crippen molar-refractivity contribution in [3.8, 4) is 0 Å². The molecule has 3 rings (SSSR count).